The standard InChI is InChI=1S/C20H16ClN3O3/c1-13(25)14-6-4-7-16(9-14)27-20-17(11-22-12-24-20)19(26)23-10-15-5-2-3-8-18(15)21/h2-9,11-12H,10H2,1H3,(H,23,26). The van der Waals surface area contributed by atoms with Crippen LogP contribution in [0.1, 0.15) is 33.2 Å². The van der Waals surface area contributed by atoms with Gasteiger partial charge in [-0.1, -0.05) is 41.9 Å². The van der Waals surface area contributed by atoms with Crippen molar-refractivity contribution in [2.24, 2.45) is 0 Å². The van der Waals surface area contributed by atoms with E-state index in [4.69, 9.17) is 16.3 Å². The van der Waals surface area contributed by atoms with E-state index in [9.17, 15) is 9.59 Å². The highest BCUT2D eigenvalue weighted by atomic mass is 35.5. The van der Waals surface area contributed by atoms with Crippen molar-refractivity contribution < 1.29 is 14.3 Å². The van der Waals surface area contributed by atoms with Crippen LogP contribution < -0.4 is 10.1 Å². The number of Topliss-reactive ketones (excluding diaryl/α,β-unsaturated/α-hetero) is 1. The van der Waals surface area contributed by atoms with Crippen LogP contribution in [-0.4, -0.2) is 21.7 Å². The van der Waals surface area contributed by atoms with Crippen molar-refractivity contribution in [3.05, 3.63) is 82.8 Å². The number of benzene rings is 2. The number of hydrogen-bond acceptors (Lipinski definition) is 5. The molecular formula is C20H16ClN3O3. The number of amides is 1. The molecule has 1 N–H and O–H groups in total. The molecule has 3 aromatic rings. The van der Waals surface area contributed by atoms with Crippen LogP contribution in [0.4, 0.5) is 0 Å². The van der Waals surface area contributed by atoms with Crippen LogP contribution in [0.5, 0.6) is 11.6 Å². The predicted octanol–water partition coefficient (Wildman–Crippen LogP) is 4.05. The minimum atomic E-state index is -0.395. The first-order valence-electron chi connectivity index (χ1n) is 8.15. The molecule has 0 unspecified atom stereocenters. The molecule has 0 aliphatic carbocycles. The Labute approximate surface area is 161 Å². The summed E-state index contributed by atoms with van der Waals surface area (Å²) in [5.74, 6) is 0.0259. The first-order valence-corrected chi connectivity index (χ1v) is 8.53. The second kappa shape index (κ2) is 8.42. The third kappa shape index (κ3) is 4.68. The van der Waals surface area contributed by atoms with Crippen molar-refractivity contribution in [1.82, 2.24) is 15.3 Å². The molecule has 0 fully saturated rings. The van der Waals surface area contributed by atoms with Gasteiger partial charge in [-0.2, -0.15) is 0 Å². The van der Waals surface area contributed by atoms with Gasteiger partial charge in [0.15, 0.2) is 5.78 Å². The highest BCUT2D eigenvalue weighted by Gasteiger charge is 2.16. The Morgan fingerprint density at radius 2 is 1.96 bits per heavy atom. The molecular weight excluding hydrogens is 366 g/mol. The molecule has 1 aromatic heterocycles. The number of carbonyl (C=O) groups excluding carboxylic acids is 2. The summed E-state index contributed by atoms with van der Waals surface area (Å²) >= 11 is 6.10. The normalized spacial score (nSPS) is 10.3. The first kappa shape index (κ1) is 18.5. The Morgan fingerprint density at radius 1 is 1.15 bits per heavy atom. The Morgan fingerprint density at radius 3 is 2.74 bits per heavy atom. The fourth-order valence-electron chi connectivity index (χ4n) is 2.36. The zero-order chi connectivity index (χ0) is 19.2. The molecule has 3 rings (SSSR count). The van der Waals surface area contributed by atoms with Crippen molar-refractivity contribution in [2.75, 3.05) is 0 Å². The number of ether oxygens (including phenoxy) is 1. The van der Waals surface area contributed by atoms with Gasteiger partial charge < -0.3 is 10.1 Å². The summed E-state index contributed by atoms with van der Waals surface area (Å²) < 4.78 is 5.71. The second-order valence-electron chi connectivity index (χ2n) is 5.70. The molecule has 0 atom stereocenters. The summed E-state index contributed by atoms with van der Waals surface area (Å²) in [6, 6.07) is 13.9. The average Bonchev–Trinajstić information content (AvgIpc) is 2.68. The van der Waals surface area contributed by atoms with E-state index < -0.39 is 5.91 Å². The zero-order valence-corrected chi connectivity index (χ0v) is 15.2. The van der Waals surface area contributed by atoms with Crippen LogP contribution in [0.15, 0.2) is 61.1 Å². The number of aromatic nitrogens is 2. The number of nitrogens with one attached hydrogen (secondary N) is 1. The second-order valence-corrected chi connectivity index (χ2v) is 6.11. The number of ketones is 1. The summed E-state index contributed by atoms with van der Waals surface area (Å²) in [6.45, 7) is 1.73. The average molecular weight is 382 g/mol. The highest BCUT2D eigenvalue weighted by molar-refractivity contribution is 6.31. The van der Waals surface area contributed by atoms with Gasteiger partial charge in [-0.25, -0.2) is 9.97 Å². The third-order valence-corrected chi connectivity index (χ3v) is 4.14. The van der Waals surface area contributed by atoms with Crippen LogP contribution >= 0.6 is 11.6 Å². The van der Waals surface area contributed by atoms with E-state index in [0.29, 0.717) is 16.3 Å². The van der Waals surface area contributed by atoms with E-state index >= 15 is 0 Å². The van der Waals surface area contributed by atoms with E-state index in [2.05, 4.69) is 15.3 Å². The van der Waals surface area contributed by atoms with Crippen molar-refractivity contribution in [3.63, 3.8) is 0 Å². The van der Waals surface area contributed by atoms with Gasteiger partial charge in [0.2, 0.25) is 5.88 Å². The molecule has 0 saturated heterocycles. The van der Waals surface area contributed by atoms with Gasteiger partial charge in [0.25, 0.3) is 5.91 Å². The number of nitrogens with zero attached hydrogens (tertiary/aromatic N) is 2. The van der Waals surface area contributed by atoms with Gasteiger partial charge in [-0.05, 0) is 30.7 Å². The van der Waals surface area contributed by atoms with Crippen molar-refractivity contribution >= 4 is 23.3 Å². The van der Waals surface area contributed by atoms with Crippen molar-refractivity contribution in [3.8, 4) is 11.6 Å². The molecule has 0 bridgehead atoms. The van der Waals surface area contributed by atoms with E-state index in [0.717, 1.165) is 5.56 Å². The van der Waals surface area contributed by atoms with Crippen LogP contribution in [0, 0.1) is 0 Å². The minimum Gasteiger partial charge on any atom is -0.438 e. The number of carbonyl (C=O) groups is 2. The Kier molecular flexibility index (Phi) is 5.78. The SMILES string of the molecule is CC(=O)c1cccc(Oc2ncncc2C(=O)NCc2ccccc2Cl)c1. The number of halogens is 1. The topological polar surface area (TPSA) is 81.2 Å². The van der Waals surface area contributed by atoms with Gasteiger partial charge >= 0.3 is 0 Å². The van der Waals surface area contributed by atoms with Crippen LogP contribution in [0.3, 0.4) is 0 Å². The molecule has 1 heterocycles. The van der Waals surface area contributed by atoms with E-state index in [-0.39, 0.29) is 23.8 Å². The maximum absolute atomic E-state index is 12.5. The fourth-order valence-corrected chi connectivity index (χ4v) is 2.56. The quantitative estimate of drug-likeness (QED) is 0.651. The summed E-state index contributed by atoms with van der Waals surface area (Å²) in [5.41, 5.74) is 1.48. The van der Waals surface area contributed by atoms with Crippen molar-refractivity contribution in [1.29, 1.82) is 0 Å². The van der Waals surface area contributed by atoms with Crippen LogP contribution in [0.25, 0.3) is 0 Å². The maximum Gasteiger partial charge on any atom is 0.258 e. The number of rotatable bonds is 6. The van der Waals surface area contributed by atoms with Gasteiger partial charge in [0.1, 0.15) is 17.6 Å². The Balaban J connectivity index is 1.77. The summed E-state index contributed by atoms with van der Waals surface area (Å²) in [4.78, 5) is 32.0. The largest absolute Gasteiger partial charge is 0.438 e. The van der Waals surface area contributed by atoms with Gasteiger partial charge in [-0.15, -0.1) is 0 Å². The third-order valence-electron chi connectivity index (χ3n) is 3.77. The molecule has 2 aromatic carbocycles. The lowest BCUT2D eigenvalue weighted by molar-refractivity contribution is 0.0946. The summed E-state index contributed by atoms with van der Waals surface area (Å²) in [7, 11) is 0. The molecule has 136 valence electrons. The Hall–Kier alpha value is -3.25. The molecule has 0 aliphatic rings. The maximum atomic E-state index is 12.5. The van der Waals surface area contributed by atoms with E-state index in [1.807, 2.05) is 18.2 Å². The molecule has 27 heavy (non-hydrogen) atoms. The van der Waals surface area contributed by atoms with Crippen LogP contribution in [-0.2, 0) is 6.54 Å². The fraction of sp³-hybridized carbons (Fsp3) is 0.100. The zero-order valence-electron chi connectivity index (χ0n) is 14.5. The molecule has 0 aliphatic heterocycles. The molecule has 6 nitrogen and oxygen atoms in total. The molecule has 0 saturated carbocycles. The van der Waals surface area contributed by atoms with Crippen molar-refractivity contribution in [2.45, 2.75) is 13.5 Å². The van der Waals surface area contributed by atoms with Gasteiger partial charge in [0, 0.05) is 23.3 Å². The van der Waals surface area contributed by atoms with E-state index in [1.165, 1.54) is 19.4 Å². The highest BCUT2D eigenvalue weighted by Crippen LogP contribution is 2.23. The smallest absolute Gasteiger partial charge is 0.258 e. The predicted molar refractivity (Wildman–Crippen MR) is 101 cm³/mol. The van der Waals surface area contributed by atoms with Gasteiger partial charge in [-0.3, -0.25) is 9.59 Å². The van der Waals surface area contributed by atoms with Crippen LogP contribution in [0.2, 0.25) is 5.02 Å². The lowest BCUT2D eigenvalue weighted by atomic mass is 10.1. The number of hydrogen-bond donors (Lipinski definition) is 1. The lowest BCUT2D eigenvalue weighted by Gasteiger charge is -2.11. The summed E-state index contributed by atoms with van der Waals surface area (Å²) in [6.07, 6.45) is 2.66. The minimum absolute atomic E-state index is 0.0826. The summed E-state index contributed by atoms with van der Waals surface area (Å²) in [5, 5.41) is 3.34. The Bertz CT molecular complexity index is 991. The molecule has 1 amide bonds. The monoisotopic (exact) mass is 381 g/mol. The first-order chi connectivity index (χ1) is 13.0. The van der Waals surface area contributed by atoms with Gasteiger partial charge in [0.05, 0.1) is 0 Å². The molecule has 0 spiro atoms. The molecule has 7 heteroatoms. The molecule has 0 radical (unpaired) electrons. The lowest BCUT2D eigenvalue weighted by Crippen LogP contribution is -2.24. The van der Waals surface area contributed by atoms with E-state index in [1.54, 1.807) is 30.3 Å².